The highest BCUT2D eigenvalue weighted by atomic mass is 32.2. The third-order valence-electron chi connectivity index (χ3n) is 4.90. The molecule has 0 bridgehead atoms. The van der Waals surface area contributed by atoms with Crippen LogP contribution in [0, 0.1) is 23.4 Å². The second-order valence-electron chi connectivity index (χ2n) is 7.19. The van der Waals surface area contributed by atoms with E-state index in [0.29, 0.717) is 12.3 Å². The summed E-state index contributed by atoms with van der Waals surface area (Å²) in [4.78, 5) is 19.8. The van der Waals surface area contributed by atoms with Crippen LogP contribution in [0.4, 0.5) is 32.0 Å². The number of amidine groups is 1. The molecule has 13 heteroatoms. The Bertz CT molecular complexity index is 1180. The van der Waals surface area contributed by atoms with Crippen LogP contribution in [0.2, 0.25) is 0 Å². The van der Waals surface area contributed by atoms with Crippen LogP contribution in [0.25, 0.3) is 5.76 Å². The van der Waals surface area contributed by atoms with Crippen LogP contribution >= 0.6 is 11.8 Å². The Kier molecular flexibility index (Phi) is 5.99. The van der Waals surface area contributed by atoms with Gasteiger partial charge in [-0.1, -0.05) is 11.8 Å². The van der Waals surface area contributed by atoms with Gasteiger partial charge in [-0.3, -0.25) is 4.79 Å². The highest BCUT2D eigenvalue weighted by molar-refractivity contribution is 8.13. The number of hydrogen-bond acceptors (Lipinski definition) is 6. The van der Waals surface area contributed by atoms with Gasteiger partial charge in [0.1, 0.15) is 11.6 Å². The second-order valence-corrected chi connectivity index (χ2v) is 8.23. The van der Waals surface area contributed by atoms with Crippen molar-refractivity contribution in [1.29, 1.82) is 0 Å². The molecule has 0 fully saturated rings. The summed E-state index contributed by atoms with van der Waals surface area (Å²) in [7, 11) is 0. The fraction of sp³-hybridized carbons (Fsp3) is 0.250. The van der Waals surface area contributed by atoms with Crippen LogP contribution in [0.3, 0.4) is 0 Å². The van der Waals surface area contributed by atoms with Crippen LogP contribution in [-0.2, 0) is 4.74 Å². The first-order chi connectivity index (χ1) is 15.5. The van der Waals surface area contributed by atoms with Gasteiger partial charge in [-0.15, -0.1) is 0 Å². The Morgan fingerprint density at radius 3 is 2.64 bits per heavy atom. The minimum absolute atomic E-state index is 0.0698. The molecule has 0 saturated heterocycles. The van der Waals surface area contributed by atoms with Crippen LogP contribution in [0.5, 0.6) is 0 Å². The van der Waals surface area contributed by atoms with Crippen molar-refractivity contribution in [3.05, 3.63) is 64.9 Å². The summed E-state index contributed by atoms with van der Waals surface area (Å²) in [5.41, 5.74) is 4.57. The van der Waals surface area contributed by atoms with Crippen molar-refractivity contribution in [2.75, 3.05) is 11.1 Å². The van der Waals surface area contributed by atoms with E-state index in [2.05, 4.69) is 15.3 Å². The van der Waals surface area contributed by atoms with E-state index in [9.17, 15) is 31.1 Å². The van der Waals surface area contributed by atoms with Gasteiger partial charge in [0.2, 0.25) is 0 Å². The van der Waals surface area contributed by atoms with E-state index in [1.54, 1.807) is 0 Å². The molecule has 2 aliphatic rings. The SMILES string of the molecule is NC1=NC2=C(c3cc(NC(=O)c4ncc(F)cc4F)ccc3F)O[C@@H](C(F)(F)F)C[C@H]2CS1. The third kappa shape index (κ3) is 4.77. The molecule has 1 amide bonds. The molecule has 1 aromatic carbocycles. The summed E-state index contributed by atoms with van der Waals surface area (Å²) in [6.45, 7) is 0. The molecule has 0 unspecified atom stereocenters. The van der Waals surface area contributed by atoms with Gasteiger partial charge in [0.25, 0.3) is 5.91 Å². The second kappa shape index (κ2) is 8.61. The number of anilines is 1. The first kappa shape index (κ1) is 23.0. The number of halogens is 6. The predicted octanol–water partition coefficient (Wildman–Crippen LogP) is 4.45. The summed E-state index contributed by atoms with van der Waals surface area (Å²) in [5, 5.41) is 2.35. The van der Waals surface area contributed by atoms with Crippen LogP contribution in [0.15, 0.2) is 41.2 Å². The van der Waals surface area contributed by atoms with Gasteiger partial charge < -0.3 is 15.8 Å². The molecule has 0 radical (unpaired) electrons. The molecule has 0 aliphatic carbocycles. The summed E-state index contributed by atoms with van der Waals surface area (Å²) in [6.07, 6.45) is -6.66. The maximum Gasteiger partial charge on any atom is 0.425 e. The number of alkyl halides is 3. The zero-order valence-corrected chi connectivity index (χ0v) is 17.2. The van der Waals surface area contributed by atoms with Gasteiger partial charge in [0, 0.05) is 29.8 Å². The fourth-order valence-electron chi connectivity index (χ4n) is 3.38. The molecule has 6 nitrogen and oxygen atoms in total. The van der Waals surface area contributed by atoms with Crippen LogP contribution in [-0.4, -0.2) is 34.1 Å². The smallest absolute Gasteiger partial charge is 0.425 e. The topological polar surface area (TPSA) is 89.6 Å². The molecule has 0 spiro atoms. The van der Waals surface area contributed by atoms with Crippen LogP contribution in [0.1, 0.15) is 22.5 Å². The molecular weight excluding hydrogens is 474 g/mol. The van der Waals surface area contributed by atoms with Crippen molar-refractivity contribution in [2.24, 2.45) is 16.6 Å². The number of fused-ring (bicyclic) bond motifs is 1. The Labute approximate surface area is 186 Å². The van der Waals surface area contributed by atoms with Gasteiger partial charge in [0.05, 0.1) is 17.5 Å². The first-order valence-electron chi connectivity index (χ1n) is 9.39. The Balaban J connectivity index is 1.72. The van der Waals surface area contributed by atoms with Gasteiger partial charge in [-0.25, -0.2) is 23.1 Å². The number of aliphatic imine (C=N–C) groups is 1. The summed E-state index contributed by atoms with van der Waals surface area (Å²) in [6, 6.07) is 3.49. The third-order valence-corrected chi connectivity index (χ3v) is 5.85. The quantitative estimate of drug-likeness (QED) is 0.624. The molecule has 3 heterocycles. The molecule has 33 heavy (non-hydrogen) atoms. The van der Waals surface area contributed by atoms with E-state index < -0.39 is 65.0 Å². The van der Waals surface area contributed by atoms with Gasteiger partial charge >= 0.3 is 6.18 Å². The summed E-state index contributed by atoms with van der Waals surface area (Å²) in [5.74, 6) is -5.15. The normalized spacial score (nSPS) is 20.6. The van der Waals surface area contributed by atoms with Gasteiger partial charge in [0.15, 0.2) is 28.5 Å². The lowest BCUT2D eigenvalue weighted by Gasteiger charge is -2.35. The molecule has 4 rings (SSSR count). The minimum atomic E-state index is -4.71. The number of hydrogen-bond donors (Lipinski definition) is 2. The number of thioether (sulfide) groups is 1. The monoisotopic (exact) mass is 488 g/mol. The van der Waals surface area contributed by atoms with E-state index in [4.69, 9.17) is 10.5 Å². The zero-order valence-electron chi connectivity index (χ0n) is 16.4. The van der Waals surface area contributed by atoms with E-state index >= 15 is 0 Å². The number of ether oxygens (including phenoxy) is 1. The largest absolute Gasteiger partial charge is 0.478 e. The number of nitrogens with zero attached hydrogens (tertiary/aromatic N) is 2. The number of rotatable bonds is 3. The molecule has 2 aliphatic heterocycles. The Morgan fingerprint density at radius 2 is 1.94 bits per heavy atom. The Hall–Kier alpha value is -3.22. The lowest BCUT2D eigenvalue weighted by molar-refractivity contribution is -0.208. The lowest BCUT2D eigenvalue weighted by Crippen LogP contribution is -2.39. The van der Waals surface area contributed by atoms with Gasteiger partial charge in [-0.05, 0) is 18.2 Å². The maximum atomic E-state index is 14.7. The van der Waals surface area contributed by atoms with Crippen LogP contribution < -0.4 is 11.1 Å². The fourth-order valence-corrected chi connectivity index (χ4v) is 4.21. The van der Waals surface area contributed by atoms with E-state index in [0.717, 1.165) is 30.0 Å². The number of carbonyl (C=O) groups is 1. The van der Waals surface area contributed by atoms with Crippen molar-refractivity contribution >= 4 is 34.3 Å². The van der Waals surface area contributed by atoms with Crippen molar-refractivity contribution in [3.63, 3.8) is 0 Å². The average molecular weight is 488 g/mol. The molecule has 174 valence electrons. The number of benzene rings is 1. The first-order valence-corrected chi connectivity index (χ1v) is 10.4. The number of allylic oxidation sites excluding steroid dienone is 1. The standard InChI is InChI=1S/C20H14F6N4O2S/c21-9-4-13(23)16(28-6-9)18(31)29-10-1-2-12(22)11(5-10)17-15-8(7-33-19(27)30-15)3-14(32-17)20(24,25)26/h1-2,4-6,8,14H,3,7H2,(H2,27,30)(H,29,31)/t8-,14+/m0/s1. The highest BCUT2D eigenvalue weighted by Crippen LogP contribution is 2.44. The number of pyridine rings is 1. The number of carbonyl (C=O) groups excluding carboxylic acids is 1. The summed E-state index contributed by atoms with van der Waals surface area (Å²) >= 11 is 1.08. The molecule has 3 N–H and O–H groups in total. The maximum absolute atomic E-state index is 14.7. The number of nitrogens with one attached hydrogen (secondary N) is 1. The lowest BCUT2D eigenvalue weighted by atomic mass is 9.93. The summed E-state index contributed by atoms with van der Waals surface area (Å²) < 4.78 is 87.0. The van der Waals surface area contributed by atoms with Crippen molar-refractivity contribution in [2.45, 2.75) is 18.7 Å². The van der Waals surface area contributed by atoms with E-state index in [1.807, 2.05) is 0 Å². The Morgan fingerprint density at radius 1 is 1.18 bits per heavy atom. The number of aromatic nitrogens is 1. The van der Waals surface area contributed by atoms with Crippen molar-refractivity contribution < 1.29 is 35.9 Å². The van der Waals surface area contributed by atoms with Crippen molar-refractivity contribution in [3.8, 4) is 0 Å². The molecule has 0 saturated carbocycles. The highest BCUT2D eigenvalue weighted by Gasteiger charge is 2.48. The van der Waals surface area contributed by atoms with E-state index in [-0.39, 0.29) is 22.3 Å². The molecule has 2 aromatic rings. The molecule has 2 atom stereocenters. The van der Waals surface area contributed by atoms with Crippen molar-refractivity contribution in [1.82, 2.24) is 4.98 Å². The van der Waals surface area contributed by atoms with E-state index in [1.165, 1.54) is 0 Å². The molecular formula is C20H14F6N4O2S. The van der Waals surface area contributed by atoms with Gasteiger partial charge in [-0.2, -0.15) is 13.2 Å². The number of nitrogens with two attached hydrogens (primary N) is 1. The minimum Gasteiger partial charge on any atom is -0.478 e. The zero-order chi connectivity index (χ0) is 23.9. The average Bonchev–Trinajstić information content (AvgIpc) is 2.73. The molecule has 1 aromatic heterocycles. The number of amides is 1. The predicted molar refractivity (Wildman–Crippen MR) is 109 cm³/mol.